The molecule has 0 spiro atoms. The minimum Gasteiger partial charge on any atom is -0.480 e. The summed E-state index contributed by atoms with van der Waals surface area (Å²) in [6.45, 7) is -0.109. The van der Waals surface area contributed by atoms with E-state index < -0.39 is 5.97 Å². The van der Waals surface area contributed by atoms with E-state index in [1.807, 2.05) is 6.07 Å². The van der Waals surface area contributed by atoms with Gasteiger partial charge in [0.1, 0.15) is 12.4 Å². The number of carboxylic acids is 1. The number of nitrogens with zero attached hydrogens (tertiary/aromatic N) is 3. The molecular formula is C10H8BrN3O2. The van der Waals surface area contributed by atoms with E-state index in [1.165, 1.54) is 0 Å². The van der Waals surface area contributed by atoms with Gasteiger partial charge in [-0.3, -0.25) is 9.78 Å². The molecule has 0 aliphatic carbocycles. The van der Waals surface area contributed by atoms with E-state index in [2.05, 4.69) is 25.9 Å². The number of aromatic nitrogens is 3. The van der Waals surface area contributed by atoms with E-state index in [0.29, 0.717) is 5.82 Å². The van der Waals surface area contributed by atoms with Crippen LogP contribution >= 0.6 is 15.9 Å². The molecule has 16 heavy (non-hydrogen) atoms. The first-order valence-corrected chi connectivity index (χ1v) is 5.30. The molecule has 5 nitrogen and oxygen atoms in total. The van der Waals surface area contributed by atoms with Gasteiger partial charge < -0.3 is 9.67 Å². The quantitative estimate of drug-likeness (QED) is 0.932. The third-order valence-corrected chi connectivity index (χ3v) is 2.42. The molecular weight excluding hydrogens is 274 g/mol. The highest BCUT2D eigenvalue weighted by molar-refractivity contribution is 9.10. The SMILES string of the molecule is O=C(O)Cn1ccnc1-c1cncc(Br)c1. The Morgan fingerprint density at radius 1 is 1.50 bits per heavy atom. The molecule has 0 radical (unpaired) electrons. The molecule has 82 valence electrons. The lowest BCUT2D eigenvalue weighted by Crippen LogP contribution is -2.09. The van der Waals surface area contributed by atoms with Crippen molar-refractivity contribution in [2.45, 2.75) is 6.54 Å². The molecule has 2 aromatic rings. The fourth-order valence-corrected chi connectivity index (χ4v) is 1.74. The number of imidazole rings is 1. The monoisotopic (exact) mass is 281 g/mol. The number of halogens is 1. The summed E-state index contributed by atoms with van der Waals surface area (Å²) < 4.78 is 2.39. The summed E-state index contributed by atoms with van der Waals surface area (Å²) in [5.74, 6) is -0.307. The van der Waals surface area contributed by atoms with Crippen molar-refractivity contribution in [3.05, 3.63) is 35.3 Å². The summed E-state index contributed by atoms with van der Waals surface area (Å²) in [5.41, 5.74) is 0.778. The highest BCUT2D eigenvalue weighted by atomic mass is 79.9. The Balaban J connectivity index is 2.40. The summed E-state index contributed by atoms with van der Waals surface area (Å²) in [5, 5.41) is 8.74. The zero-order valence-corrected chi connectivity index (χ0v) is 9.75. The van der Waals surface area contributed by atoms with E-state index >= 15 is 0 Å². The van der Waals surface area contributed by atoms with Gasteiger partial charge in [-0.25, -0.2) is 4.98 Å². The molecule has 0 bridgehead atoms. The predicted molar refractivity (Wildman–Crippen MR) is 60.8 cm³/mol. The first kappa shape index (κ1) is 10.8. The van der Waals surface area contributed by atoms with E-state index in [9.17, 15) is 4.79 Å². The molecule has 2 aromatic heterocycles. The first-order valence-electron chi connectivity index (χ1n) is 4.50. The van der Waals surface area contributed by atoms with Crippen LogP contribution in [0.15, 0.2) is 35.3 Å². The third-order valence-electron chi connectivity index (χ3n) is 1.98. The Hall–Kier alpha value is -1.69. The normalized spacial score (nSPS) is 10.3. The predicted octanol–water partition coefficient (Wildman–Crippen LogP) is 1.79. The molecule has 0 saturated heterocycles. The van der Waals surface area contributed by atoms with Crippen molar-refractivity contribution in [2.75, 3.05) is 0 Å². The first-order chi connectivity index (χ1) is 7.66. The topological polar surface area (TPSA) is 68.0 Å². The van der Waals surface area contributed by atoms with Gasteiger partial charge in [0.2, 0.25) is 0 Å². The Kier molecular flexibility index (Phi) is 3.00. The molecule has 1 N–H and O–H groups in total. The minimum absolute atomic E-state index is 0.109. The number of rotatable bonds is 3. The van der Waals surface area contributed by atoms with Crippen LogP contribution in [0.4, 0.5) is 0 Å². The number of carbonyl (C=O) groups is 1. The van der Waals surface area contributed by atoms with Crippen LogP contribution in [0.3, 0.4) is 0 Å². The van der Waals surface area contributed by atoms with E-state index in [4.69, 9.17) is 5.11 Å². The largest absolute Gasteiger partial charge is 0.480 e. The van der Waals surface area contributed by atoms with E-state index in [1.54, 1.807) is 29.4 Å². The molecule has 0 aliphatic heterocycles. The average molecular weight is 282 g/mol. The van der Waals surface area contributed by atoms with Crippen molar-refractivity contribution in [3.63, 3.8) is 0 Å². The zero-order valence-electron chi connectivity index (χ0n) is 8.17. The van der Waals surface area contributed by atoms with Gasteiger partial charge in [-0.2, -0.15) is 0 Å². The molecule has 0 saturated carbocycles. The standard InChI is InChI=1S/C10H8BrN3O2/c11-8-3-7(4-12-5-8)10-13-1-2-14(10)6-9(15)16/h1-5H,6H2,(H,15,16). The summed E-state index contributed by atoms with van der Waals surface area (Å²) in [4.78, 5) is 18.8. The van der Waals surface area contributed by atoms with Gasteiger partial charge >= 0.3 is 5.97 Å². The molecule has 2 heterocycles. The van der Waals surface area contributed by atoms with Crippen molar-refractivity contribution in [1.29, 1.82) is 0 Å². The van der Waals surface area contributed by atoms with Crippen LogP contribution in [0, 0.1) is 0 Å². The van der Waals surface area contributed by atoms with Crippen LogP contribution in [0.2, 0.25) is 0 Å². The van der Waals surface area contributed by atoms with Gasteiger partial charge in [-0.05, 0) is 22.0 Å². The Morgan fingerprint density at radius 3 is 3.00 bits per heavy atom. The third kappa shape index (κ3) is 2.27. The minimum atomic E-state index is -0.901. The van der Waals surface area contributed by atoms with Gasteiger partial charge in [-0.15, -0.1) is 0 Å². The summed E-state index contributed by atoms with van der Waals surface area (Å²) in [7, 11) is 0. The molecule has 0 unspecified atom stereocenters. The van der Waals surface area contributed by atoms with Crippen molar-refractivity contribution in [3.8, 4) is 11.4 Å². The van der Waals surface area contributed by atoms with Crippen LogP contribution in [0.25, 0.3) is 11.4 Å². The molecule has 0 aromatic carbocycles. The van der Waals surface area contributed by atoms with Crippen LogP contribution in [-0.4, -0.2) is 25.6 Å². The molecule has 2 rings (SSSR count). The zero-order chi connectivity index (χ0) is 11.5. The maximum atomic E-state index is 10.6. The van der Waals surface area contributed by atoms with Crippen molar-refractivity contribution in [2.24, 2.45) is 0 Å². The highest BCUT2D eigenvalue weighted by Gasteiger charge is 2.08. The van der Waals surface area contributed by atoms with Crippen LogP contribution < -0.4 is 0 Å². The molecule has 0 fully saturated rings. The van der Waals surface area contributed by atoms with Crippen LogP contribution in [0.1, 0.15) is 0 Å². The number of hydrogen-bond donors (Lipinski definition) is 1. The second-order valence-corrected chi connectivity index (χ2v) is 4.08. The van der Waals surface area contributed by atoms with Crippen molar-refractivity contribution < 1.29 is 9.90 Å². The number of aliphatic carboxylic acids is 1. The van der Waals surface area contributed by atoms with E-state index in [0.717, 1.165) is 10.0 Å². The summed E-state index contributed by atoms with van der Waals surface area (Å²) >= 11 is 3.31. The van der Waals surface area contributed by atoms with Gasteiger partial charge in [0.05, 0.1) is 0 Å². The van der Waals surface area contributed by atoms with Crippen LogP contribution in [0.5, 0.6) is 0 Å². The second-order valence-electron chi connectivity index (χ2n) is 3.16. The van der Waals surface area contributed by atoms with Crippen molar-refractivity contribution in [1.82, 2.24) is 14.5 Å². The lowest BCUT2D eigenvalue weighted by atomic mass is 10.3. The molecule has 0 aliphatic rings. The van der Waals surface area contributed by atoms with Crippen LogP contribution in [-0.2, 0) is 11.3 Å². The Labute approximate surface area is 99.9 Å². The van der Waals surface area contributed by atoms with Crippen molar-refractivity contribution >= 4 is 21.9 Å². The molecule has 0 amide bonds. The second kappa shape index (κ2) is 4.44. The fourth-order valence-electron chi connectivity index (χ4n) is 1.38. The van der Waals surface area contributed by atoms with E-state index in [-0.39, 0.29) is 6.54 Å². The van der Waals surface area contributed by atoms with Gasteiger partial charge in [0.15, 0.2) is 0 Å². The number of carboxylic acid groups (broad SMARTS) is 1. The summed E-state index contributed by atoms with van der Waals surface area (Å²) in [6, 6.07) is 1.84. The average Bonchev–Trinajstić information content (AvgIpc) is 2.65. The van der Waals surface area contributed by atoms with Gasteiger partial charge in [0.25, 0.3) is 0 Å². The fraction of sp³-hybridized carbons (Fsp3) is 0.100. The summed E-state index contributed by atoms with van der Waals surface area (Å²) in [6.07, 6.45) is 6.50. The maximum Gasteiger partial charge on any atom is 0.323 e. The number of hydrogen-bond acceptors (Lipinski definition) is 3. The smallest absolute Gasteiger partial charge is 0.323 e. The van der Waals surface area contributed by atoms with Gasteiger partial charge in [0, 0.05) is 34.8 Å². The molecule has 0 atom stereocenters. The highest BCUT2D eigenvalue weighted by Crippen LogP contribution is 2.20. The molecule has 6 heteroatoms. The maximum absolute atomic E-state index is 10.6. The Morgan fingerprint density at radius 2 is 2.31 bits per heavy atom. The lowest BCUT2D eigenvalue weighted by molar-refractivity contribution is -0.137. The van der Waals surface area contributed by atoms with Gasteiger partial charge in [-0.1, -0.05) is 0 Å². The number of pyridine rings is 1. The Bertz CT molecular complexity index is 524. The lowest BCUT2D eigenvalue weighted by Gasteiger charge is -2.04.